The number of rotatable bonds is 8. The molecule has 2 rings (SSSR count). The molecule has 0 aromatic carbocycles. The fourth-order valence-corrected chi connectivity index (χ4v) is 2.51. The van der Waals surface area contributed by atoms with Crippen LogP contribution in [0.5, 0.6) is 0 Å². The summed E-state index contributed by atoms with van der Waals surface area (Å²) in [7, 11) is 3.94. The molecule has 6 heteroatoms. The number of nitrogens with one attached hydrogen (secondary N) is 2. The molecule has 0 atom stereocenters. The third-order valence-corrected chi connectivity index (χ3v) is 3.88. The maximum Gasteiger partial charge on any atom is 0.271 e. The molecule has 1 aliphatic rings. The number of carbonyl (C=O) groups excluding carboxylic acids is 1. The SMILES string of the molecule is CN(C)CCNC(=O)c1ccc(NCCC2=CCCCC2)nn1. The van der Waals surface area contributed by atoms with Crippen molar-refractivity contribution in [2.45, 2.75) is 32.1 Å². The molecule has 2 N–H and O–H groups in total. The first kappa shape index (κ1) is 17.4. The molecule has 0 unspecified atom stereocenters. The summed E-state index contributed by atoms with van der Waals surface area (Å²) in [6, 6.07) is 3.52. The molecule has 0 spiro atoms. The predicted molar refractivity (Wildman–Crippen MR) is 92.6 cm³/mol. The zero-order valence-electron chi connectivity index (χ0n) is 14.1. The fourth-order valence-electron chi connectivity index (χ4n) is 2.51. The maximum atomic E-state index is 11.9. The molecule has 23 heavy (non-hydrogen) atoms. The summed E-state index contributed by atoms with van der Waals surface area (Å²) in [6.07, 6.45) is 8.47. The third-order valence-electron chi connectivity index (χ3n) is 3.88. The van der Waals surface area contributed by atoms with Crippen LogP contribution in [-0.2, 0) is 0 Å². The summed E-state index contributed by atoms with van der Waals surface area (Å²) in [4.78, 5) is 13.9. The summed E-state index contributed by atoms with van der Waals surface area (Å²) in [5.41, 5.74) is 1.89. The molecule has 1 aromatic heterocycles. The Hall–Kier alpha value is -1.95. The van der Waals surface area contributed by atoms with Crippen molar-refractivity contribution in [2.75, 3.05) is 39.0 Å². The van der Waals surface area contributed by atoms with Crippen molar-refractivity contribution in [1.29, 1.82) is 0 Å². The first-order chi connectivity index (χ1) is 11.1. The average molecular weight is 317 g/mol. The quantitative estimate of drug-likeness (QED) is 0.718. The zero-order chi connectivity index (χ0) is 16.5. The molecule has 1 amide bonds. The van der Waals surface area contributed by atoms with Gasteiger partial charge in [0.25, 0.3) is 5.91 Å². The van der Waals surface area contributed by atoms with Crippen molar-refractivity contribution in [3.05, 3.63) is 29.5 Å². The minimum absolute atomic E-state index is 0.182. The number of aromatic nitrogens is 2. The Morgan fingerprint density at radius 2 is 2.09 bits per heavy atom. The summed E-state index contributed by atoms with van der Waals surface area (Å²) in [5.74, 6) is 0.532. The van der Waals surface area contributed by atoms with Gasteiger partial charge in [-0.1, -0.05) is 11.6 Å². The molecular formula is C17H27N5O. The lowest BCUT2D eigenvalue weighted by Gasteiger charge is -2.13. The first-order valence-electron chi connectivity index (χ1n) is 8.33. The molecule has 0 radical (unpaired) electrons. The number of nitrogens with zero attached hydrogens (tertiary/aromatic N) is 3. The minimum atomic E-state index is -0.182. The van der Waals surface area contributed by atoms with Crippen molar-refractivity contribution in [2.24, 2.45) is 0 Å². The van der Waals surface area contributed by atoms with Gasteiger partial charge < -0.3 is 15.5 Å². The van der Waals surface area contributed by atoms with E-state index in [1.165, 1.54) is 31.3 Å². The number of hydrogen-bond donors (Lipinski definition) is 2. The largest absolute Gasteiger partial charge is 0.368 e. The number of carbonyl (C=O) groups is 1. The van der Waals surface area contributed by atoms with Crippen LogP contribution in [0.15, 0.2) is 23.8 Å². The molecule has 1 aromatic rings. The smallest absolute Gasteiger partial charge is 0.271 e. The zero-order valence-corrected chi connectivity index (χ0v) is 14.1. The van der Waals surface area contributed by atoms with E-state index in [2.05, 4.69) is 26.9 Å². The summed E-state index contributed by atoms with van der Waals surface area (Å²) in [5, 5.41) is 14.2. The Morgan fingerprint density at radius 3 is 2.74 bits per heavy atom. The molecule has 0 aliphatic heterocycles. The second-order valence-corrected chi connectivity index (χ2v) is 6.15. The molecule has 126 valence electrons. The van der Waals surface area contributed by atoms with Crippen LogP contribution in [0, 0.1) is 0 Å². The Morgan fingerprint density at radius 1 is 1.22 bits per heavy atom. The molecule has 0 fully saturated rings. The average Bonchev–Trinajstić information content (AvgIpc) is 2.56. The monoisotopic (exact) mass is 317 g/mol. The van der Waals surface area contributed by atoms with Crippen LogP contribution in [0.3, 0.4) is 0 Å². The summed E-state index contributed by atoms with van der Waals surface area (Å²) >= 11 is 0. The number of likely N-dealkylation sites (N-methyl/N-ethyl adjacent to an activating group) is 1. The van der Waals surface area contributed by atoms with Crippen LogP contribution in [0.4, 0.5) is 5.82 Å². The molecule has 0 saturated heterocycles. The number of hydrogen-bond acceptors (Lipinski definition) is 5. The van der Waals surface area contributed by atoms with Crippen LogP contribution in [0.2, 0.25) is 0 Å². The van der Waals surface area contributed by atoms with E-state index in [0.29, 0.717) is 18.1 Å². The number of amides is 1. The highest BCUT2D eigenvalue weighted by Crippen LogP contribution is 2.19. The lowest BCUT2D eigenvalue weighted by Crippen LogP contribution is -2.31. The van der Waals surface area contributed by atoms with Crippen molar-refractivity contribution in [1.82, 2.24) is 20.4 Å². The minimum Gasteiger partial charge on any atom is -0.368 e. The molecule has 0 bridgehead atoms. The lowest BCUT2D eigenvalue weighted by atomic mass is 9.97. The Balaban J connectivity index is 1.73. The Labute approximate surface area is 138 Å². The highest BCUT2D eigenvalue weighted by atomic mass is 16.1. The maximum absolute atomic E-state index is 11.9. The van der Waals surface area contributed by atoms with E-state index in [0.717, 1.165) is 19.5 Å². The molecule has 1 aliphatic carbocycles. The van der Waals surface area contributed by atoms with Gasteiger partial charge in [-0.2, -0.15) is 0 Å². The van der Waals surface area contributed by atoms with Gasteiger partial charge in [-0.3, -0.25) is 4.79 Å². The predicted octanol–water partition coefficient (Wildman–Crippen LogP) is 2.07. The second kappa shape index (κ2) is 9.25. The van der Waals surface area contributed by atoms with E-state index in [9.17, 15) is 4.79 Å². The second-order valence-electron chi connectivity index (χ2n) is 6.15. The lowest BCUT2D eigenvalue weighted by molar-refractivity contribution is 0.0945. The van der Waals surface area contributed by atoms with Crippen molar-refractivity contribution < 1.29 is 4.79 Å². The van der Waals surface area contributed by atoms with Crippen LogP contribution < -0.4 is 10.6 Å². The Bertz CT molecular complexity index is 524. The van der Waals surface area contributed by atoms with E-state index < -0.39 is 0 Å². The van der Waals surface area contributed by atoms with Crippen LogP contribution in [0.1, 0.15) is 42.6 Å². The van der Waals surface area contributed by atoms with Gasteiger partial charge in [0.05, 0.1) is 0 Å². The molecule has 6 nitrogen and oxygen atoms in total. The highest BCUT2D eigenvalue weighted by Gasteiger charge is 2.08. The van der Waals surface area contributed by atoms with Crippen LogP contribution in [-0.4, -0.2) is 54.7 Å². The highest BCUT2D eigenvalue weighted by molar-refractivity contribution is 5.92. The van der Waals surface area contributed by atoms with E-state index >= 15 is 0 Å². The van der Waals surface area contributed by atoms with Gasteiger partial charge in [-0.05, 0) is 58.3 Å². The summed E-state index contributed by atoms with van der Waals surface area (Å²) in [6.45, 7) is 2.26. The van der Waals surface area contributed by atoms with Gasteiger partial charge in [0.1, 0.15) is 5.82 Å². The van der Waals surface area contributed by atoms with E-state index in [-0.39, 0.29) is 5.91 Å². The van der Waals surface area contributed by atoms with E-state index in [1.54, 1.807) is 6.07 Å². The first-order valence-corrected chi connectivity index (χ1v) is 8.33. The van der Waals surface area contributed by atoms with Gasteiger partial charge in [0.2, 0.25) is 0 Å². The van der Waals surface area contributed by atoms with Gasteiger partial charge >= 0.3 is 0 Å². The van der Waals surface area contributed by atoms with E-state index in [1.807, 2.05) is 25.1 Å². The Kier molecular flexibility index (Phi) is 7.00. The summed E-state index contributed by atoms with van der Waals surface area (Å²) < 4.78 is 0. The fraction of sp³-hybridized carbons (Fsp3) is 0.588. The number of allylic oxidation sites excluding steroid dienone is 1. The van der Waals surface area contributed by atoms with E-state index in [4.69, 9.17) is 0 Å². The third kappa shape index (κ3) is 6.36. The van der Waals surface area contributed by atoms with Gasteiger partial charge in [0, 0.05) is 19.6 Å². The van der Waals surface area contributed by atoms with Crippen LogP contribution in [0.25, 0.3) is 0 Å². The standard InChI is InChI=1S/C17H27N5O/c1-22(2)13-12-19-17(23)15-8-9-16(21-20-15)18-11-10-14-6-4-3-5-7-14/h6,8-9H,3-5,7,10-13H2,1-2H3,(H,18,21)(H,19,23). The van der Waals surface area contributed by atoms with Gasteiger partial charge in [-0.25, -0.2) is 0 Å². The number of anilines is 1. The van der Waals surface area contributed by atoms with Crippen molar-refractivity contribution in [3.8, 4) is 0 Å². The van der Waals surface area contributed by atoms with Crippen LogP contribution >= 0.6 is 0 Å². The van der Waals surface area contributed by atoms with Gasteiger partial charge in [0.15, 0.2) is 5.69 Å². The van der Waals surface area contributed by atoms with Crippen molar-refractivity contribution in [3.63, 3.8) is 0 Å². The normalized spacial score (nSPS) is 14.5. The topological polar surface area (TPSA) is 70.2 Å². The molecule has 1 heterocycles. The van der Waals surface area contributed by atoms with Gasteiger partial charge in [-0.15, -0.1) is 10.2 Å². The molecule has 0 saturated carbocycles. The molecular weight excluding hydrogens is 290 g/mol. The van der Waals surface area contributed by atoms with Crippen molar-refractivity contribution >= 4 is 11.7 Å².